The van der Waals surface area contributed by atoms with Crippen molar-refractivity contribution in [2.45, 2.75) is 39.3 Å². The second-order valence-electron chi connectivity index (χ2n) is 7.84. The maximum Gasteiger partial charge on any atom is 0.276 e. The third-order valence-corrected chi connectivity index (χ3v) is 7.29. The fourth-order valence-electron chi connectivity index (χ4n) is 4.44. The van der Waals surface area contributed by atoms with Crippen LogP contribution in [0.3, 0.4) is 0 Å². The average Bonchev–Trinajstić information content (AvgIpc) is 3.17. The van der Waals surface area contributed by atoms with Crippen molar-refractivity contribution in [2.24, 2.45) is 0 Å². The van der Waals surface area contributed by atoms with Crippen molar-refractivity contribution in [3.8, 4) is 0 Å². The minimum atomic E-state index is -0.593. The molecule has 4 aromatic rings. The molecule has 0 N–H and O–H groups in total. The lowest BCUT2D eigenvalue weighted by atomic mass is 9.99. The Bertz CT molecular complexity index is 1340. The summed E-state index contributed by atoms with van der Waals surface area (Å²) in [6, 6.07) is 15.6. The SMILES string of the molecule is CC[C@@H](C(=O)N1CCc2ccccc2C1)n1nc(C)c2sc3ccccc3c2c1=O. The number of nitrogens with zero attached hydrogens (tertiary/aromatic N) is 3. The number of aromatic nitrogens is 2. The first-order chi connectivity index (χ1) is 14.6. The summed E-state index contributed by atoms with van der Waals surface area (Å²) in [5, 5.41) is 6.21. The summed E-state index contributed by atoms with van der Waals surface area (Å²) in [7, 11) is 0. The van der Waals surface area contributed by atoms with Crippen LogP contribution in [0.1, 0.15) is 36.2 Å². The molecule has 5 rings (SSSR count). The zero-order chi connectivity index (χ0) is 20.8. The molecule has 5 nitrogen and oxygen atoms in total. The first-order valence-electron chi connectivity index (χ1n) is 10.3. The van der Waals surface area contributed by atoms with Crippen LogP contribution in [0.5, 0.6) is 0 Å². The molecule has 2 aromatic heterocycles. The minimum absolute atomic E-state index is 0.0279. The van der Waals surface area contributed by atoms with E-state index >= 15 is 0 Å². The number of hydrogen-bond donors (Lipinski definition) is 0. The lowest BCUT2D eigenvalue weighted by Crippen LogP contribution is -2.43. The van der Waals surface area contributed by atoms with Gasteiger partial charge in [-0.1, -0.05) is 49.4 Å². The highest BCUT2D eigenvalue weighted by atomic mass is 32.1. The number of carbonyl (C=O) groups excluding carboxylic acids is 1. The summed E-state index contributed by atoms with van der Waals surface area (Å²) < 4.78 is 3.41. The average molecular weight is 418 g/mol. The lowest BCUT2D eigenvalue weighted by Gasteiger charge is -2.31. The number of amides is 1. The monoisotopic (exact) mass is 417 g/mol. The Morgan fingerprint density at radius 2 is 1.87 bits per heavy atom. The van der Waals surface area contributed by atoms with Crippen LogP contribution < -0.4 is 5.56 Å². The predicted molar refractivity (Wildman–Crippen MR) is 121 cm³/mol. The van der Waals surface area contributed by atoms with Gasteiger partial charge in [0, 0.05) is 23.2 Å². The summed E-state index contributed by atoms with van der Waals surface area (Å²) in [5.74, 6) is -0.0279. The van der Waals surface area contributed by atoms with Gasteiger partial charge in [0.15, 0.2) is 0 Å². The molecule has 0 bridgehead atoms. The van der Waals surface area contributed by atoms with Crippen LogP contribution in [0.2, 0.25) is 0 Å². The molecule has 1 aliphatic rings. The van der Waals surface area contributed by atoms with E-state index in [9.17, 15) is 9.59 Å². The van der Waals surface area contributed by atoms with Gasteiger partial charge in [-0.25, -0.2) is 4.68 Å². The lowest BCUT2D eigenvalue weighted by molar-refractivity contribution is -0.136. The molecule has 1 aliphatic heterocycles. The largest absolute Gasteiger partial charge is 0.336 e. The van der Waals surface area contributed by atoms with Crippen molar-refractivity contribution in [3.63, 3.8) is 0 Å². The van der Waals surface area contributed by atoms with Crippen LogP contribution in [0.15, 0.2) is 53.3 Å². The molecular formula is C24H23N3O2S. The fourth-order valence-corrected chi connectivity index (χ4v) is 5.57. The summed E-state index contributed by atoms with van der Waals surface area (Å²) >= 11 is 1.59. The standard InChI is InChI=1S/C24H23N3O2S/c1-3-19(23(28)26-13-12-16-8-4-5-9-17(16)14-26)27-24(29)21-18-10-6-7-11-20(18)30-22(21)15(2)25-27/h4-11,19H,3,12-14H2,1-2H3/t19-/m0/s1. The van der Waals surface area contributed by atoms with E-state index in [1.807, 2.05) is 55.1 Å². The van der Waals surface area contributed by atoms with Gasteiger partial charge in [0.25, 0.3) is 5.56 Å². The van der Waals surface area contributed by atoms with Gasteiger partial charge in [-0.3, -0.25) is 9.59 Å². The molecule has 0 saturated heterocycles. The van der Waals surface area contributed by atoms with Crippen LogP contribution in [0, 0.1) is 6.92 Å². The van der Waals surface area contributed by atoms with E-state index in [1.54, 1.807) is 11.3 Å². The third-order valence-electron chi connectivity index (χ3n) is 6.01. The normalized spacial score (nSPS) is 14.8. The Balaban J connectivity index is 1.58. The van der Waals surface area contributed by atoms with Gasteiger partial charge in [0.1, 0.15) is 6.04 Å². The molecule has 0 aliphatic carbocycles. The summed E-state index contributed by atoms with van der Waals surface area (Å²) in [6.07, 6.45) is 1.37. The van der Waals surface area contributed by atoms with Crippen molar-refractivity contribution < 1.29 is 4.79 Å². The van der Waals surface area contributed by atoms with Crippen LogP contribution in [-0.4, -0.2) is 27.1 Å². The van der Waals surface area contributed by atoms with Crippen LogP contribution in [-0.2, 0) is 17.8 Å². The summed E-state index contributed by atoms with van der Waals surface area (Å²) in [6.45, 7) is 5.12. The van der Waals surface area contributed by atoms with E-state index in [4.69, 9.17) is 0 Å². The molecule has 0 radical (unpaired) electrons. The number of aryl methyl sites for hydroxylation is 1. The molecular weight excluding hydrogens is 394 g/mol. The number of thiophene rings is 1. The van der Waals surface area contributed by atoms with Crippen LogP contribution in [0.25, 0.3) is 20.2 Å². The van der Waals surface area contributed by atoms with Gasteiger partial charge in [0.2, 0.25) is 5.91 Å². The molecule has 0 spiro atoms. The molecule has 0 saturated carbocycles. The molecule has 1 amide bonds. The predicted octanol–water partition coefficient (Wildman–Crippen LogP) is 4.46. The fraction of sp³-hybridized carbons (Fsp3) is 0.292. The Labute approximate surface area is 178 Å². The van der Waals surface area contributed by atoms with Gasteiger partial charge in [-0.05, 0) is 37.0 Å². The van der Waals surface area contributed by atoms with Gasteiger partial charge < -0.3 is 4.90 Å². The molecule has 1 atom stereocenters. The van der Waals surface area contributed by atoms with E-state index < -0.39 is 6.04 Å². The van der Waals surface area contributed by atoms with Crippen molar-refractivity contribution in [2.75, 3.05) is 6.54 Å². The maximum absolute atomic E-state index is 13.5. The quantitative estimate of drug-likeness (QED) is 0.495. The van der Waals surface area contributed by atoms with E-state index in [1.165, 1.54) is 15.8 Å². The van der Waals surface area contributed by atoms with E-state index in [0.29, 0.717) is 24.9 Å². The summed E-state index contributed by atoms with van der Waals surface area (Å²) in [5.41, 5.74) is 3.10. The topological polar surface area (TPSA) is 55.2 Å². The number of fused-ring (bicyclic) bond motifs is 4. The van der Waals surface area contributed by atoms with Gasteiger partial charge >= 0.3 is 0 Å². The first-order valence-corrected chi connectivity index (χ1v) is 11.2. The molecule has 3 heterocycles. The van der Waals surface area contributed by atoms with Gasteiger partial charge in [0.05, 0.1) is 15.8 Å². The van der Waals surface area contributed by atoms with Gasteiger partial charge in [-0.2, -0.15) is 5.10 Å². The molecule has 2 aromatic carbocycles. The highest BCUT2D eigenvalue weighted by Crippen LogP contribution is 2.33. The Morgan fingerprint density at radius 3 is 2.67 bits per heavy atom. The minimum Gasteiger partial charge on any atom is -0.336 e. The summed E-state index contributed by atoms with van der Waals surface area (Å²) in [4.78, 5) is 28.8. The highest BCUT2D eigenvalue weighted by Gasteiger charge is 2.30. The van der Waals surface area contributed by atoms with Crippen molar-refractivity contribution in [1.82, 2.24) is 14.7 Å². The smallest absolute Gasteiger partial charge is 0.276 e. The van der Waals surface area contributed by atoms with E-state index in [0.717, 1.165) is 26.9 Å². The number of benzene rings is 2. The van der Waals surface area contributed by atoms with E-state index in [2.05, 4.69) is 17.2 Å². The zero-order valence-electron chi connectivity index (χ0n) is 17.1. The molecule has 6 heteroatoms. The van der Waals surface area contributed by atoms with Crippen molar-refractivity contribution in [3.05, 3.63) is 75.7 Å². The molecule has 0 fully saturated rings. The van der Waals surface area contributed by atoms with E-state index in [-0.39, 0.29) is 11.5 Å². The van der Waals surface area contributed by atoms with Crippen molar-refractivity contribution >= 4 is 37.4 Å². The van der Waals surface area contributed by atoms with Gasteiger partial charge in [-0.15, -0.1) is 11.3 Å². The zero-order valence-corrected chi connectivity index (χ0v) is 17.9. The second kappa shape index (κ2) is 7.36. The number of hydrogen-bond acceptors (Lipinski definition) is 4. The van der Waals surface area contributed by atoms with Crippen molar-refractivity contribution in [1.29, 1.82) is 0 Å². The number of rotatable bonds is 3. The second-order valence-corrected chi connectivity index (χ2v) is 8.89. The van der Waals surface area contributed by atoms with Crippen LogP contribution in [0.4, 0.5) is 0 Å². The molecule has 0 unspecified atom stereocenters. The van der Waals surface area contributed by atoms with Crippen LogP contribution >= 0.6 is 11.3 Å². The molecule has 152 valence electrons. The molecule has 30 heavy (non-hydrogen) atoms. The number of carbonyl (C=O) groups is 1. The Morgan fingerprint density at radius 1 is 1.13 bits per heavy atom. The Hall–Kier alpha value is -2.99. The third kappa shape index (κ3) is 2.94. The first kappa shape index (κ1) is 19.0. The maximum atomic E-state index is 13.5. The Kier molecular flexibility index (Phi) is 4.66. The highest BCUT2D eigenvalue weighted by molar-refractivity contribution is 7.26.